The summed E-state index contributed by atoms with van der Waals surface area (Å²) >= 11 is 0. The van der Waals surface area contributed by atoms with Crippen molar-refractivity contribution in [2.75, 3.05) is 6.54 Å². The fourth-order valence-corrected chi connectivity index (χ4v) is 2.53. The Balaban J connectivity index is 2.81. The van der Waals surface area contributed by atoms with Crippen LogP contribution in [-0.2, 0) is 4.79 Å². The van der Waals surface area contributed by atoms with E-state index in [2.05, 4.69) is 18.7 Å². The molecular weight excluding hydrogens is 178 g/mol. The van der Waals surface area contributed by atoms with E-state index in [1.54, 1.807) is 0 Å². The molecule has 0 amide bonds. The Morgan fingerprint density at radius 2 is 2.07 bits per heavy atom. The second kappa shape index (κ2) is 4.30. The number of hydrogen-bond donors (Lipinski definition) is 1. The van der Waals surface area contributed by atoms with Gasteiger partial charge in [-0.25, -0.2) is 0 Å². The molecule has 1 heterocycles. The van der Waals surface area contributed by atoms with Crippen LogP contribution in [0, 0.1) is 0 Å². The van der Waals surface area contributed by atoms with Crippen molar-refractivity contribution in [3.8, 4) is 0 Å². The molecular formula is C11H21NO2. The second-order valence-corrected chi connectivity index (χ2v) is 4.35. The highest BCUT2D eigenvalue weighted by Crippen LogP contribution is 2.32. The van der Waals surface area contributed by atoms with Gasteiger partial charge in [0.25, 0.3) is 0 Å². The van der Waals surface area contributed by atoms with Crippen molar-refractivity contribution < 1.29 is 9.90 Å². The predicted molar refractivity (Wildman–Crippen MR) is 56.4 cm³/mol. The molecule has 82 valence electrons. The molecule has 1 atom stereocenters. The van der Waals surface area contributed by atoms with Crippen LogP contribution in [0.15, 0.2) is 0 Å². The van der Waals surface area contributed by atoms with Gasteiger partial charge in [0.1, 0.15) is 5.54 Å². The molecule has 0 bridgehead atoms. The molecule has 1 rings (SSSR count). The highest BCUT2D eigenvalue weighted by Gasteiger charge is 2.45. The van der Waals surface area contributed by atoms with Gasteiger partial charge < -0.3 is 5.11 Å². The fraction of sp³-hybridized carbons (Fsp3) is 0.909. The van der Waals surface area contributed by atoms with Gasteiger partial charge in [-0.1, -0.05) is 13.8 Å². The van der Waals surface area contributed by atoms with Gasteiger partial charge in [-0.15, -0.1) is 0 Å². The van der Waals surface area contributed by atoms with Crippen molar-refractivity contribution in [2.24, 2.45) is 0 Å². The summed E-state index contributed by atoms with van der Waals surface area (Å²) in [5, 5.41) is 9.24. The monoisotopic (exact) mass is 199 g/mol. The van der Waals surface area contributed by atoms with Gasteiger partial charge in [0, 0.05) is 6.04 Å². The SMILES string of the molecule is CCC(CC)N1CCCC1(C)C(=O)O. The quantitative estimate of drug-likeness (QED) is 0.754. The normalized spacial score (nSPS) is 28.6. The smallest absolute Gasteiger partial charge is 0.323 e. The third-order valence-corrected chi connectivity index (χ3v) is 3.54. The Morgan fingerprint density at radius 3 is 2.50 bits per heavy atom. The van der Waals surface area contributed by atoms with Gasteiger partial charge in [-0.3, -0.25) is 9.69 Å². The topological polar surface area (TPSA) is 40.5 Å². The summed E-state index contributed by atoms with van der Waals surface area (Å²) in [5.41, 5.74) is -0.614. The number of aliphatic carboxylic acids is 1. The van der Waals surface area contributed by atoms with Gasteiger partial charge in [0.2, 0.25) is 0 Å². The molecule has 3 nitrogen and oxygen atoms in total. The molecule has 0 aromatic carbocycles. The van der Waals surface area contributed by atoms with Crippen molar-refractivity contribution in [2.45, 2.75) is 58.0 Å². The number of carbonyl (C=O) groups is 1. The third kappa shape index (κ3) is 1.78. The summed E-state index contributed by atoms with van der Waals surface area (Å²) in [6, 6.07) is 0.429. The van der Waals surface area contributed by atoms with E-state index in [1.807, 2.05) is 6.92 Å². The lowest BCUT2D eigenvalue weighted by molar-refractivity contribution is -0.150. The minimum atomic E-state index is -0.665. The molecule has 0 aromatic rings. The average molecular weight is 199 g/mol. The van der Waals surface area contributed by atoms with E-state index < -0.39 is 11.5 Å². The lowest BCUT2D eigenvalue weighted by atomic mass is 9.96. The minimum Gasteiger partial charge on any atom is -0.480 e. The molecule has 3 heteroatoms. The second-order valence-electron chi connectivity index (χ2n) is 4.35. The van der Waals surface area contributed by atoms with Crippen LogP contribution in [-0.4, -0.2) is 34.1 Å². The summed E-state index contributed by atoms with van der Waals surface area (Å²) in [6.07, 6.45) is 3.89. The van der Waals surface area contributed by atoms with Gasteiger partial charge in [0.05, 0.1) is 0 Å². The molecule has 0 aliphatic carbocycles. The maximum atomic E-state index is 11.2. The van der Waals surface area contributed by atoms with Crippen LogP contribution < -0.4 is 0 Å². The Labute approximate surface area is 86.1 Å². The number of nitrogens with zero attached hydrogens (tertiary/aromatic N) is 1. The maximum absolute atomic E-state index is 11.2. The molecule has 1 saturated heterocycles. The summed E-state index contributed by atoms with van der Waals surface area (Å²) in [4.78, 5) is 13.4. The third-order valence-electron chi connectivity index (χ3n) is 3.54. The first-order chi connectivity index (χ1) is 6.56. The van der Waals surface area contributed by atoms with Gasteiger partial charge in [-0.2, -0.15) is 0 Å². The van der Waals surface area contributed by atoms with Crippen molar-refractivity contribution in [1.82, 2.24) is 4.90 Å². The maximum Gasteiger partial charge on any atom is 0.323 e. The van der Waals surface area contributed by atoms with Crippen molar-refractivity contribution in [3.63, 3.8) is 0 Å². The highest BCUT2D eigenvalue weighted by atomic mass is 16.4. The Kier molecular flexibility index (Phi) is 3.53. The van der Waals surface area contributed by atoms with Crippen LogP contribution in [0.5, 0.6) is 0 Å². The molecule has 1 fully saturated rings. The largest absolute Gasteiger partial charge is 0.480 e. The van der Waals surface area contributed by atoms with E-state index >= 15 is 0 Å². The number of carboxylic acids is 1. The Morgan fingerprint density at radius 1 is 1.50 bits per heavy atom. The molecule has 0 aromatic heterocycles. The van der Waals surface area contributed by atoms with Crippen molar-refractivity contribution >= 4 is 5.97 Å². The van der Waals surface area contributed by atoms with E-state index in [-0.39, 0.29) is 0 Å². The Hall–Kier alpha value is -0.570. The van der Waals surface area contributed by atoms with Crippen LogP contribution in [0.2, 0.25) is 0 Å². The zero-order valence-electron chi connectivity index (χ0n) is 9.42. The first kappa shape index (κ1) is 11.5. The van der Waals surface area contributed by atoms with Crippen LogP contribution >= 0.6 is 0 Å². The van der Waals surface area contributed by atoms with E-state index in [4.69, 9.17) is 0 Å². The zero-order valence-corrected chi connectivity index (χ0v) is 9.42. The van der Waals surface area contributed by atoms with Crippen molar-refractivity contribution in [1.29, 1.82) is 0 Å². The lowest BCUT2D eigenvalue weighted by Crippen LogP contribution is -2.52. The number of rotatable bonds is 4. The molecule has 14 heavy (non-hydrogen) atoms. The molecule has 0 radical (unpaired) electrons. The first-order valence-electron chi connectivity index (χ1n) is 5.56. The van der Waals surface area contributed by atoms with Gasteiger partial charge in [0.15, 0.2) is 0 Å². The highest BCUT2D eigenvalue weighted by molar-refractivity contribution is 5.78. The molecule has 1 unspecified atom stereocenters. The van der Waals surface area contributed by atoms with Crippen LogP contribution in [0.4, 0.5) is 0 Å². The van der Waals surface area contributed by atoms with E-state index in [0.29, 0.717) is 6.04 Å². The Bertz CT molecular complexity index is 213. The number of carboxylic acid groups (broad SMARTS) is 1. The first-order valence-corrected chi connectivity index (χ1v) is 5.56. The minimum absolute atomic E-state index is 0.429. The van der Waals surface area contributed by atoms with Crippen LogP contribution in [0.25, 0.3) is 0 Å². The standard InChI is InChI=1S/C11H21NO2/c1-4-9(5-2)12-8-6-7-11(12,3)10(13)14/h9H,4-8H2,1-3H3,(H,13,14). The summed E-state index contributed by atoms with van der Waals surface area (Å²) in [6.45, 7) is 7.07. The van der Waals surface area contributed by atoms with Gasteiger partial charge in [-0.05, 0) is 39.2 Å². The average Bonchev–Trinajstić information content (AvgIpc) is 2.52. The van der Waals surface area contributed by atoms with Crippen LogP contribution in [0.3, 0.4) is 0 Å². The molecule has 0 saturated carbocycles. The van der Waals surface area contributed by atoms with E-state index in [9.17, 15) is 9.90 Å². The summed E-state index contributed by atoms with van der Waals surface area (Å²) in [7, 11) is 0. The molecule has 1 aliphatic rings. The number of likely N-dealkylation sites (tertiary alicyclic amines) is 1. The molecule has 1 aliphatic heterocycles. The molecule has 0 spiro atoms. The summed E-state index contributed by atoms with van der Waals surface area (Å²) in [5.74, 6) is -0.665. The van der Waals surface area contributed by atoms with E-state index in [0.717, 1.165) is 32.2 Å². The zero-order chi connectivity index (χ0) is 10.8. The lowest BCUT2D eigenvalue weighted by Gasteiger charge is -2.37. The predicted octanol–water partition coefficient (Wildman–Crippen LogP) is 2.11. The van der Waals surface area contributed by atoms with E-state index in [1.165, 1.54) is 0 Å². The van der Waals surface area contributed by atoms with Gasteiger partial charge >= 0.3 is 5.97 Å². The fourth-order valence-electron chi connectivity index (χ4n) is 2.53. The summed E-state index contributed by atoms with van der Waals surface area (Å²) < 4.78 is 0. The van der Waals surface area contributed by atoms with Crippen molar-refractivity contribution in [3.05, 3.63) is 0 Å². The van der Waals surface area contributed by atoms with Crippen LogP contribution in [0.1, 0.15) is 46.5 Å². The molecule has 1 N–H and O–H groups in total. The number of hydrogen-bond acceptors (Lipinski definition) is 2.